The molecule has 82 valence electrons. The fourth-order valence-corrected chi connectivity index (χ4v) is 1.41. The van der Waals surface area contributed by atoms with Crippen molar-refractivity contribution >= 4 is 0 Å². The molecule has 2 aromatic rings. The van der Waals surface area contributed by atoms with Crippen molar-refractivity contribution in [3.8, 4) is 22.8 Å². The molecule has 4 N–H and O–H groups in total. The lowest BCUT2D eigenvalue weighted by molar-refractivity contribution is 0.448. The highest BCUT2D eigenvalue weighted by molar-refractivity contribution is 5.72. The van der Waals surface area contributed by atoms with Gasteiger partial charge in [-0.25, -0.2) is 4.79 Å². The Kier molecular flexibility index (Phi) is 2.24. The van der Waals surface area contributed by atoms with Gasteiger partial charge in [-0.2, -0.15) is 0 Å². The van der Waals surface area contributed by atoms with Gasteiger partial charge in [0, 0.05) is 5.56 Å². The Labute approximate surface area is 88.8 Å². The molecule has 1 aromatic carbocycles. The summed E-state index contributed by atoms with van der Waals surface area (Å²) in [6.45, 7) is 0. The molecule has 16 heavy (non-hydrogen) atoms. The van der Waals surface area contributed by atoms with E-state index < -0.39 is 17.1 Å². The van der Waals surface area contributed by atoms with Crippen molar-refractivity contribution in [2.45, 2.75) is 0 Å². The molecule has 0 bridgehead atoms. The standard InChI is InChI=1S/C10H8N2O4/c13-6-4-2-1-3-5(6)7-8(14)11-10(16)12-9(7)15/h1-4,13H,(H3,11,12,14,15,16). The van der Waals surface area contributed by atoms with Gasteiger partial charge in [-0.15, -0.1) is 0 Å². The fourth-order valence-electron chi connectivity index (χ4n) is 1.41. The van der Waals surface area contributed by atoms with Crippen LogP contribution in [0.15, 0.2) is 33.9 Å². The van der Waals surface area contributed by atoms with E-state index in [9.17, 15) is 19.8 Å². The summed E-state index contributed by atoms with van der Waals surface area (Å²) in [6, 6.07) is 6.01. The number of benzene rings is 1. The number of hydrogen-bond acceptors (Lipinski definition) is 4. The van der Waals surface area contributed by atoms with Crippen molar-refractivity contribution < 1.29 is 10.2 Å². The fraction of sp³-hybridized carbons (Fsp3) is 0. The van der Waals surface area contributed by atoms with E-state index in [1.165, 1.54) is 12.1 Å². The summed E-state index contributed by atoms with van der Waals surface area (Å²) in [7, 11) is 0. The van der Waals surface area contributed by atoms with E-state index in [1.54, 1.807) is 12.1 Å². The van der Waals surface area contributed by atoms with Gasteiger partial charge in [-0.05, 0) is 6.07 Å². The molecule has 0 aliphatic heterocycles. The molecule has 0 amide bonds. The highest BCUT2D eigenvalue weighted by atomic mass is 16.3. The molecule has 0 aliphatic carbocycles. The second-order valence-electron chi connectivity index (χ2n) is 3.15. The Hall–Kier alpha value is -2.50. The first-order chi connectivity index (χ1) is 7.59. The zero-order valence-electron chi connectivity index (χ0n) is 8.02. The van der Waals surface area contributed by atoms with Crippen LogP contribution in [0.4, 0.5) is 0 Å². The van der Waals surface area contributed by atoms with Gasteiger partial charge in [0.1, 0.15) is 11.3 Å². The van der Waals surface area contributed by atoms with Gasteiger partial charge in [0.2, 0.25) is 5.88 Å². The zero-order valence-corrected chi connectivity index (χ0v) is 8.02. The van der Waals surface area contributed by atoms with Gasteiger partial charge in [-0.3, -0.25) is 14.8 Å². The Morgan fingerprint density at radius 2 is 1.69 bits per heavy atom. The molecule has 0 atom stereocenters. The van der Waals surface area contributed by atoms with Gasteiger partial charge in [0.25, 0.3) is 5.56 Å². The molecular formula is C10H8N2O4. The van der Waals surface area contributed by atoms with Crippen LogP contribution in [0.1, 0.15) is 0 Å². The van der Waals surface area contributed by atoms with Crippen molar-refractivity contribution in [1.82, 2.24) is 9.97 Å². The van der Waals surface area contributed by atoms with Crippen LogP contribution in [0.3, 0.4) is 0 Å². The first-order valence-electron chi connectivity index (χ1n) is 4.43. The number of aromatic amines is 2. The van der Waals surface area contributed by atoms with Gasteiger partial charge in [0.05, 0.1) is 0 Å². The van der Waals surface area contributed by atoms with Crippen LogP contribution >= 0.6 is 0 Å². The van der Waals surface area contributed by atoms with E-state index in [0.717, 1.165) is 0 Å². The number of hydrogen-bond donors (Lipinski definition) is 4. The van der Waals surface area contributed by atoms with Crippen molar-refractivity contribution in [3.05, 3.63) is 45.1 Å². The van der Waals surface area contributed by atoms with E-state index in [2.05, 4.69) is 0 Å². The third-order valence-electron chi connectivity index (χ3n) is 2.10. The van der Waals surface area contributed by atoms with Crippen molar-refractivity contribution in [3.63, 3.8) is 0 Å². The topological polar surface area (TPSA) is 106 Å². The van der Waals surface area contributed by atoms with Crippen LogP contribution in [0.2, 0.25) is 0 Å². The summed E-state index contributed by atoms with van der Waals surface area (Å²) in [5.41, 5.74) is -1.58. The number of phenols is 1. The predicted octanol–water partition coefficient (Wildman–Crippen LogP) is 0.141. The van der Waals surface area contributed by atoms with E-state index in [-0.39, 0.29) is 16.9 Å². The van der Waals surface area contributed by atoms with E-state index in [0.29, 0.717) is 0 Å². The minimum atomic E-state index is -0.804. The number of para-hydroxylation sites is 1. The Morgan fingerprint density at radius 1 is 1.00 bits per heavy atom. The second kappa shape index (κ2) is 3.58. The minimum absolute atomic E-state index is 0.150. The number of phenolic OH excluding ortho intramolecular Hbond substituents is 1. The molecule has 0 saturated heterocycles. The monoisotopic (exact) mass is 220 g/mol. The maximum absolute atomic E-state index is 11.5. The second-order valence-corrected chi connectivity index (χ2v) is 3.15. The number of aromatic nitrogens is 2. The summed E-state index contributed by atoms with van der Waals surface area (Å²) >= 11 is 0. The number of nitrogens with one attached hydrogen (secondary N) is 2. The molecule has 0 radical (unpaired) electrons. The molecule has 0 saturated carbocycles. The van der Waals surface area contributed by atoms with Crippen LogP contribution in [0.25, 0.3) is 11.1 Å². The molecule has 1 heterocycles. The highest BCUT2D eigenvalue weighted by Gasteiger charge is 2.13. The molecule has 6 heteroatoms. The van der Waals surface area contributed by atoms with Crippen molar-refractivity contribution in [2.24, 2.45) is 0 Å². The van der Waals surface area contributed by atoms with Crippen LogP contribution in [-0.2, 0) is 0 Å². The summed E-state index contributed by atoms with van der Waals surface area (Å²) in [4.78, 5) is 26.3. The summed E-state index contributed by atoms with van der Waals surface area (Å²) < 4.78 is 0. The predicted molar refractivity (Wildman–Crippen MR) is 56.4 cm³/mol. The van der Waals surface area contributed by atoms with E-state index >= 15 is 0 Å². The molecule has 0 fully saturated rings. The molecule has 6 nitrogen and oxygen atoms in total. The maximum atomic E-state index is 11.5. The summed E-state index contributed by atoms with van der Waals surface area (Å²) in [5.74, 6) is -0.731. The molecule has 0 aliphatic rings. The lowest BCUT2D eigenvalue weighted by Crippen LogP contribution is -2.23. The molecule has 0 unspecified atom stereocenters. The molecule has 2 rings (SSSR count). The minimum Gasteiger partial charge on any atom is -0.507 e. The van der Waals surface area contributed by atoms with Crippen LogP contribution in [0, 0.1) is 0 Å². The number of rotatable bonds is 1. The SMILES string of the molecule is O=c1[nH]c(O)c(-c2ccccc2O)c(=O)[nH]1. The highest BCUT2D eigenvalue weighted by Crippen LogP contribution is 2.29. The Bertz CT molecular complexity index is 642. The smallest absolute Gasteiger partial charge is 0.328 e. The maximum Gasteiger partial charge on any atom is 0.328 e. The molecule has 0 spiro atoms. The average molecular weight is 220 g/mol. The lowest BCUT2D eigenvalue weighted by atomic mass is 10.1. The van der Waals surface area contributed by atoms with Crippen LogP contribution in [0.5, 0.6) is 11.6 Å². The summed E-state index contributed by atoms with van der Waals surface area (Å²) in [5, 5.41) is 19.0. The molecule has 1 aromatic heterocycles. The van der Waals surface area contributed by atoms with Gasteiger partial charge >= 0.3 is 5.69 Å². The average Bonchev–Trinajstić information content (AvgIpc) is 2.19. The first-order valence-corrected chi connectivity index (χ1v) is 4.43. The zero-order chi connectivity index (χ0) is 11.7. The Balaban J connectivity index is 2.80. The number of H-pyrrole nitrogens is 2. The van der Waals surface area contributed by atoms with Crippen LogP contribution < -0.4 is 11.2 Å². The quantitative estimate of drug-likeness (QED) is 0.548. The van der Waals surface area contributed by atoms with E-state index in [4.69, 9.17) is 0 Å². The molecular weight excluding hydrogens is 212 g/mol. The van der Waals surface area contributed by atoms with Gasteiger partial charge < -0.3 is 10.2 Å². The largest absolute Gasteiger partial charge is 0.507 e. The van der Waals surface area contributed by atoms with Gasteiger partial charge in [-0.1, -0.05) is 18.2 Å². The van der Waals surface area contributed by atoms with Crippen molar-refractivity contribution in [1.29, 1.82) is 0 Å². The van der Waals surface area contributed by atoms with Gasteiger partial charge in [0.15, 0.2) is 0 Å². The van der Waals surface area contributed by atoms with Crippen LogP contribution in [-0.4, -0.2) is 20.2 Å². The van der Waals surface area contributed by atoms with E-state index in [1.807, 2.05) is 9.97 Å². The third-order valence-corrected chi connectivity index (χ3v) is 2.10. The first kappa shape index (κ1) is 10.0. The summed E-state index contributed by atoms with van der Waals surface area (Å²) in [6.07, 6.45) is 0. The van der Waals surface area contributed by atoms with Crippen molar-refractivity contribution in [2.75, 3.05) is 0 Å². The third kappa shape index (κ3) is 1.56. The Morgan fingerprint density at radius 3 is 2.31 bits per heavy atom. The lowest BCUT2D eigenvalue weighted by Gasteiger charge is -2.04. The number of aromatic hydroxyl groups is 2. The normalized spacial score (nSPS) is 10.2.